The second kappa shape index (κ2) is 12.2. The molecule has 0 aliphatic heterocycles. The van der Waals surface area contributed by atoms with Crippen LogP contribution in [-0.2, 0) is 16.1 Å². The molecule has 26 heavy (non-hydrogen) atoms. The minimum Gasteiger partial charge on any atom is -0.379 e. The SMILES string of the molecule is CCCC(NC(=O)NCc1ccc(F)cc1)C(=O)NCCCOC(C)C. The topological polar surface area (TPSA) is 79.5 Å². The van der Waals surface area contributed by atoms with Crippen molar-refractivity contribution in [2.24, 2.45) is 0 Å². The highest BCUT2D eigenvalue weighted by molar-refractivity contribution is 5.86. The molecular formula is C19H30FN3O3. The van der Waals surface area contributed by atoms with Crippen LogP contribution in [0.1, 0.15) is 45.6 Å². The monoisotopic (exact) mass is 367 g/mol. The Labute approximate surface area is 154 Å². The van der Waals surface area contributed by atoms with Crippen molar-refractivity contribution in [3.63, 3.8) is 0 Å². The Kier molecular flexibility index (Phi) is 10.3. The van der Waals surface area contributed by atoms with Crippen molar-refractivity contribution in [2.45, 2.75) is 58.7 Å². The van der Waals surface area contributed by atoms with E-state index < -0.39 is 12.1 Å². The van der Waals surface area contributed by atoms with Crippen molar-refractivity contribution in [3.05, 3.63) is 35.6 Å². The van der Waals surface area contributed by atoms with E-state index in [1.54, 1.807) is 12.1 Å². The maximum absolute atomic E-state index is 12.9. The number of halogens is 1. The third-order valence-electron chi connectivity index (χ3n) is 3.64. The van der Waals surface area contributed by atoms with Crippen LogP contribution in [0.15, 0.2) is 24.3 Å². The number of carbonyl (C=O) groups is 2. The first-order valence-electron chi connectivity index (χ1n) is 9.10. The zero-order valence-corrected chi connectivity index (χ0v) is 15.8. The van der Waals surface area contributed by atoms with Gasteiger partial charge >= 0.3 is 6.03 Å². The molecular weight excluding hydrogens is 337 g/mol. The van der Waals surface area contributed by atoms with E-state index in [0.717, 1.165) is 18.4 Å². The third kappa shape index (κ3) is 9.36. The summed E-state index contributed by atoms with van der Waals surface area (Å²) in [7, 11) is 0. The van der Waals surface area contributed by atoms with Crippen LogP contribution in [-0.4, -0.2) is 37.2 Å². The van der Waals surface area contributed by atoms with Gasteiger partial charge < -0.3 is 20.7 Å². The number of ether oxygens (including phenoxy) is 1. The second-order valence-corrected chi connectivity index (χ2v) is 6.36. The maximum Gasteiger partial charge on any atom is 0.315 e. The minimum atomic E-state index is -0.584. The van der Waals surface area contributed by atoms with Gasteiger partial charge in [-0.15, -0.1) is 0 Å². The molecule has 1 atom stereocenters. The molecule has 6 nitrogen and oxygen atoms in total. The number of rotatable bonds is 11. The van der Waals surface area contributed by atoms with E-state index in [1.165, 1.54) is 12.1 Å². The highest BCUT2D eigenvalue weighted by Gasteiger charge is 2.19. The highest BCUT2D eigenvalue weighted by Crippen LogP contribution is 2.02. The fourth-order valence-corrected chi connectivity index (χ4v) is 2.28. The maximum atomic E-state index is 12.9. The van der Waals surface area contributed by atoms with Crippen molar-refractivity contribution >= 4 is 11.9 Å². The lowest BCUT2D eigenvalue weighted by molar-refractivity contribution is -0.123. The first-order chi connectivity index (χ1) is 12.4. The molecule has 1 rings (SSSR count). The Morgan fingerprint density at radius 1 is 1.15 bits per heavy atom. The molecule has 0 radical (unpaired) electrons. The van der Waals surface area contributed by atoms with E-state index in [4.69, 9.17) is 4.74 Å². The van der Waals surface area contributed by atoms with E-state index in [0.29, 0.717) is 19.6 Å². The largest absolute Gasteiger partial charge is 0.379 e. The second-order valence-electron chi connectivity index (χ2n) is 6.36. The van der Waals surface area contributed by atoms with Gasteiger partial charge in [0.25, 0.3) is 0 Å². The van der Waals surface area contributed by atoms with Gasteiger partial charge in [0, 0.05) is 19.7 Å². The Morgan fingerprint density at radius 3 is 2.46 bits per heavy atom. The lowest BCUT2D eigenvalue weighted by Crippen LogP contribution is -2.50. The molecule has 0 fully saturated rings. The van der Waals surface area contributed by atoms with E-state index in [1.807, 2.05) is 20.8 Å². The number of nitrogens with one attached hydrogen (secondary N) is 3. The average Bonchev–Trinajstić information content (AvgIpc) is 2.60. The molecule has 1 unspecified atom stereocenters. The van der Waals surface area contributed by atoms with Gasteiger partial charge in [-0.3, -0.25) is 4.79 Å². The van der Waals surface area contributed by atoms with Crippen molar-refractivity contribution in [1.82, 2.24) is 16.0 Å². The lowest BCUT2D eigenvalue weighted by Gasteiger charge is -2.18. The van der Waals surface area contributed by atoms with Crippen LogP contribution >= 0.6 is 0 Å². The van der Waals surface area contributed by atoms with Gasteiger partial charge in [-0.25, -0.2) is 9.18 Å². The number of hydrogen-bond donors (Lipinski definition) is 3. The van der Waals surface area contributed by atoms with Gasteiger partial charge in [-0.05, 0) is 44.4 Å². The quantitative estimate of drug-likeness (QED) is 0.526. The Hall–Kier alpha value is -2.15. The van der Waals surface area contributed by atoms with Crippen molar-refractivity contribution in [2.75, 3.05) is 13.2 Å². The van der Waals surface area contributed by atoms with Crippen molar-refractivity contribution < 1.29 is 18.7 Å². The molecule has 0 bridgehead atoms. The summed E-state index contributed by atoms with van der Waals surface area (Å²) in [5.41, 5.74) is 0.781. The van der Waals surface area contributed by atoms with Crippen molar-refractivity contribution in [3.8, 4) is 0 Å². The molecule has 0 saturated carbocycles. The smallest absolute Gasteiger partial charge is 0.315 e. The van der Waals surface area contributed by atoms with E-state index >= 15 is 0 Å². The summed E-state index contributed by atoms with van der Waals surface area (Å²) in [5.74, 6) is -0.523. The van der Waals surface area contributed by atoms with Gasteiger partial charge in [0.2, 0.25) is 5.91 Å². The summed E-state index contributed by atoms with van der Waals surface area (Å²) in [6.45, 7) is 7.23. The Balaban J connectivity index is 2.36. The van der Waals surface area contributed by atoms with Crippen LogP contribution in [0.5, 0.6) is 0 Å². The molecule has 0 spiro atoms. The summed E-state index contributed by atoms with van der Waals surface area (Å²) >= 11 is 0. The fraction of sp³-hybridized carbons (Fsp3) is 0.579. The molecule has 0 aliphatic carbocycles. The summed E-state index contributed by atoms with van der Waals surface area (Å²) in [6, 6.07) is 4.87. The van der Waals surface area contributed by atoms with E-state index in [9.17, 15) is 14.0 Å². The average molecular weight is 367 g/mol. The first-order valence-corrected chi connectivity index (χ1v) is 9.10. The number of amides is 3. The zero-order chi connectivity index (χ0) is 19.4. The van der Waals surface area contributed by atoms with Gasteiger partial charge in [0.05, 0.1) is 6.10 Å². The molecule has 0 heterocycles. The van der Waals surface area contributed by atoms with E-state index in [-0.39, 0.29) is 24.4 Å². The molecule has 0 saturated heterocycles. The van der Waals surface area contributed by atoms with Crippen LogP contribution in [0.3, 0.4) is 0 Å². The normalized spacial score (nSPS) is 11.9. The van der Waals surface area contributed by atoms with Crippen LogP contribution in [0.2, 0.25) is 0 Å². The summed E-state index contributed by atoms with van der Waals surface area (Å²) in [6.07, 6.45) is 2.22. The van der Waals surface area contributed by atoms with Gasteiger partial charge in [0.15, 0.2) is 0 Å². The van der Waals surface area contributed by atoms with E-state index in [2.05, 4.69) is 16.0 Å². The van der Waals surface area contributed by atoms with Crippen LogP contribution in [0.4, 0.5) is 9.18 Å². The van der Waals surface area contributed by atoms with Crippen LogP contribution in [0, 0.1) is 5.82 Å². The summed E-state index contributed by atoms with van der Waals surface area (Å²) in [5, 5.41) is 8.19. The van der Waals surface area contributed by atoms with Crippen molar-refractivity contribution in [1.29, 1.82) is 0 Å². The standard InChI is InChI=1S/C19H30FN3O3/c1-4-6-17(18(24)21-11-5-12-26-14(2)3)23-19(25)22-13-15-7-9-16(20)10-8-15/h7-10,14,17H,4-6,11-13H2,1-3H3,(H,21,24)(H2,22,23,25). The zero-order valence-electron chi connectivity index (χ0n) is 15.8. The predicted molar refractivity (Wildman–Crippen MR) is 99.2 cm³/mol. The van der Waals surface area contributed by atoms with Gasteiger partial charge in [-0.2, -0.15) is 0 Å². The Bertz CT molecular complexity index is 549. The fourth-order valence-electron chi connectivity index (χ4n) is 2.28. The predicted octanol–water partition coefficient (Wildman–Crippen LogP) is 2.72. The lowest BCUT2D eigenvalue weighted by atomic mass is 10.1. The summed E-state index contributed by atoms with van der Waals surface area (Å²) in [4.78, 5) is 24.3. The molecule has 1 aromatic carbocycles. The van der Waals surface area contributed by atoms with Crippen LogP contribution in [0.25, 0.3) is 0 Å². The molecule has 7 heteroatoms. The molecule has 0 aromatic heterocycles. The highest BCUT2D eigenvalue weighted by atomic mass is 19.1. The van der Waals surface area contributed by atoms with Crippen LogP contribution < -0.4 is 16.0 Å². The molecule has 0 aliphatic rings. The number of benzene rings is 1. The van der Waals surface area contributed by atoms with Gasteiger partial charge in [0.1, 0.15) is 11.9 Å². The number of hydrogen-bond acceptors (Lipinski definition) is 3. The van der Waals surface area contributed by atoms with Gasteiger partial charge in [-0.1, -0.05) is 25.5 Å². The molecule has 3 amide bonds. The number of carbonyl (C=O) groups excluding carboxylic acids is 2. The molecule has 3 N–H and O–H groups in total. The summed E-state index contributed by atoms with van der Waals surface area (Å²) < 4.78 is 18.3. The first kappa shape index (κ1) is 21.9. The number of urea groups is 1. The molecule has 146 valence electrons. The Morgan fingerprint density at radius 2 is 1.85 bits per heavy atom. The minimum absolute atomic E-state index is 0.171. The molecule has 1 aromatic rings. The third-order valence-corrected chi connectivity index (χ3v) is 3.64.